The molecule has 0 saturated carbocycles. The van der Waals surface area contributed by atoms with Gasteiger partial charge in [0.2, 0.25) is 0 Å². The van der Waals surface area contributed by atoms with Gasteiger partial charge in [-0.3, -0.25) is 0 Å². The van der Waals surface area contributed by atoms with E-state index in [0.29, 0.717) is 16.1 Å². The van der Waals surface area contributed by atoms with Gasteiger partial charge in [-0.2, -0.15) is 0 Å². The van der Waals surface area contributed by atoms with Crippen LogP contribution in [-0.4, -0.2) is 37.1 Å². The number of benzene rings is 3. The first-order valence-corrected chi connectivity index (χ1v) is 12.9. The minimum Gasteiger partial charge on any atom is -0.312 e. The van der Waals surface area contributed by atoms with Crippen molar-refractivity contribution in [2.45, 2.75) is 38.1 Å². The van der Waals surface area contributed by atoms with Crippen molar-refractivity contribution in [2.75, 3.05) is 26.2 Å². The number of nitrogens with zero attached hydrogens (tertiary/aromatic N) is 1. The molecule has 1 heterocycles. The fraction of sp³-hybridized carbons (Fsp3) is 0.379. The molecular formula is C29H34Cl2N2. The highest BCUT2D eigenvalue weighted by Crippen LogP contribution is 2.24. The number of halogens is 2. The highest BCUT2D eigenvalue weighted by molar-refractivity contribution is 6.42. The van der Waals surface area contributed by atoms with Crippen molar-refractivity contribution in [3.05, 3.63) is 106 Å². The minimum absolute atomic E-state index is 0.386. The summed E-state index contributed by atoms with van der Waals surface area (Å²) in [5, 5.41) is 5.09. The van der Waals surface area contributed by atoms with Crippen LogP contribution in [0.3, 0.4) is 0 Å². The van der Waals surface area contributed by atoms with Gasteiger partial charge >= 0.3 is 0 Å². The molecule has 2 nitrogen and oxygen atoms in total. The van der Waals surface area contributed by atoms with Gasteiger partial charge in [-0.05, 0) is 86.5 Å². The van der Waals surface area contributed by atoms with Gasteiger partial charge in [-0.15, -0.1) is 0 Å². The Labute approximate surface area is 208 Å². The lowest BCUT2D eigenvalue weighted by molar-refractivity contribution is 0.167. The molecule has 4 heteroatoms. The molecule has 4 rings (SSSR count). The molecule has 0 spiro atoms. The number of hydrogen-bond donors (Lipinski definition) is 1. The van der Waals surface area contributed by atoms with E-state index in [1.165, 1.54) is 49.0 Å². The third kappa shape index (κ3) is 7.86. The summed E-state index contributed by atoms with van der Waals surface area (Å²) in [5.41, 5.74) is 4.08. The Balaban J connectivity index is 1.32. The lowest BCUT2D eigenvalue weighted by Gasteiger charge is -2.35. The standard InChI is InChI=1S/C29H34Cl2N2/c30-28-12-11-26(21-29(28)31)20-27(32-16-13-23-7-3-1-4-8-23)22-33-17-14-25(15-18-33)19-24-9-5-2-6-10-24/h1-12,21,25,27,32H,13-20,22H2. The van der Waals surface area contributed by atoms with Crippen LogP contribution in [0.15, 0.2) is 78.9 Å². The Morgan fingerprint density at radius 3 is 2.12 bits per heavy atom. The van der Waals surface area contributed by atoms with Crippen molar-refractivity contribution in [2.24, 2.45) is 5.92 Å². The van der Waals surface area contributed by atoms with Crippen molar-refractivity contribution in [3.8, 4) is 0 Å². The summed E-state index contributed by atoms with van der Waals surface area (Å²) in [6.45, 7) is 4.39. The Morgan fingerprint density at radius 1 is 0.788 bits per heavy atom. The van der Waals surface area contributed by atoms with E-state index in [-0.39, 0.29) is 0 Å². The molecule has 0 aromatic heterocycles. The molecule has 0 amide bonds. The van der Waals surface area contributed by atoms with Crippen LogP contribution >= 0.6 is 23.2 Å². The monoisotopic (exact) mass is 480 g/mol. The molecule has 1 aliphatic rings. The van der Waals surface area contributed by atoms with E-state index in [0.717, 1.165) is 31.8 Å². The molecule has 33 heavy (non-hydrogen) atoms. The molecule has 1 saturated heterocycles. The van der Waals surface area contributed by atoms with Gasteiger partial charge < -0.3 is 10.2 Å². The first-order valence-electron chi connectivity index (χ1n) is 12.1. The van der Waals surface area contributed by atoms with Crippen molar-refractivity contribution in [3.63, 3.8) is 0 Å². The van der Waals surface area contributed by atoms with E-state index in [9.17, 15) is 0 Å². The van der Waals surface area contributed by atoms with Crippen LogP contribution in [0, 0.1) is 5.92 Å². The van der Waals surface area contributed by atoms with Crippen LogP contribution in [0.1, 0.15) is 29.5 Å². The molecule has 0 radical (unpaired) electrons. The zero-order valence-electron chi connectivity index (χ0n) is 19.2. The number of rotatable bonds is 10. The summed E-state index contributed by atoms with van der Waals surface area (Å²) in [6, 6.07) is 28.0. The predicted octanol–water partition coefficient (Wildman–Crippen LogP) is 6.69. The van der Waals surface area contributed by atoms with Crippen molar-refractivity contribution < 1.29 is 0 Å². The van der Waals surface area contributed by atoms with E-state index < -0.39 is 0 Å². The first-order chi connectivity index (χ1) is 16.2. The predicted molar refractivity (Wildman–Crippen MR) is 141 cm³/mol. The fourth-order valence-corrected chi connectivity index (χ4v) is 5.17. The maximum Gasteiger partial charge on any atom is 0.0595 e. The van der Waals surface area contributed by atoms with Crippen LogP contribution in [0.25, 0.3) is 0 Å². The first kappa shape index (κ1) is 24.3. The molecule has 1 N–H and O–H groups in total. The van der Waals surface area contributed by atoms with Gasteiger partial charge in [0, 0.05) is 12.6 Å². The second-order valence-corrected chi connectivity index (χ2v) is 10.1. The SMILES string of the molecule is Clc1ccc(CC(CN2CCC(Cc3ccccc3)CC2)NCCc2ccccc2)cc1Cl. The number of nitrogens with one attached hydrogen (secondary N) is 1. The molecule has 0 bridgehead atoms. The van der Waals surface area contributed by atoms with Crippen LogP contribution in [0.5, 0.6) is 0 Å². The third-order valence-corrected chi connectivity index (χ3v) is 7.45. The van der Waals surface area contributed by atoms with Gasteiger partial charge in [0.05, 0.1) is 10.0 Å². The number of likely N-dealkylation sites (tertiary alicyclic amines) is 1. The van der Waals surface area contributed by atoms with E-state index in [4.69, 9.17) is 23.2 Å². The normalized spacial score (nSPS) is 16.1. The summed E-state index contributed by atoms with van der Waals surface area (Å²) in [4.78, 5) is 2.64. The van der Waals surface area contributed by atoms with Crippen LogP contribution in [0.2, 0.25) is 10.0 Å². The maximum atomic E-state index is 6.29. The quantitative estimate of drug-likeness (QED) is 0.347. The summed E-state index contributed by atoms with van der Waals surface area (Å²) >= 11 is 12.4. The molecule has 3 aromatic carbocycles. The van der Waals surface area contributed by atoms with Gasteiger partial charge in [0.25, 0.3) is 0 Å². The largest absolute Gasteiger partial charge is 0.312 e. The van der Waals surface area contributed by atoms with E-state index in [2.05, 4.69) is 76.9 Å². The molecule has 0 aliphatic carbocycles. The molecule has 174 valence electrons. The lowest BCUT2D eigenvalue weighted by Crippen LogP contribution is -2.46. The van der Waals surface area contributed by atoms with Crippen molar-refractivity contribution in [1.82, 2.24) is 10.2 Å². The average molecular weight is 482 g/mol. The Hall–Kier alpha value is -1.84. The molecule has 1 unspecified atom stereocenters. The summed E-state index contributed by atoms with van der Waals surface area (Å²) in [5.74, 6) is 0.795. The molecule has 1 aliphatic heterocycles. The van der Waals surface area contributed by atoms with Gasteiger partial charge in [-0.1, -0.05) is 89.9 Å². The molecule has 3 aromatic rings. The molecule has 1 fully saturated rings. The van der Waals surface area contributed by atoms with E-state index >= 15 is 0 Å². The van der Waals surface area contributed by atoms with Crippen molar-refractivity contribution in [1.29, 1.82) is 0 Å². The minimum atomic E-state index is 0.386. The second kappa shape index (κ2) is 12.6. The zero-order chi connectivity index (χ0) is 22.9. The topological polar surface area (TPSA) is 15.3 Å². The molecule has 1 atom stereocenters. The fourth-order valence-electron chi connectivity index (χ4n) is 4.85. The average Bonchev–Trinajstić information content (AvgIpc) is 2.84. The highest BCUT2D eigenvalue weighted by Gasteiger charge is 2.22. The Kier molecular flexibility index (Phi) is 9.26. The van der Waals surface area contributed by atoms with Gasteiger partial charge in [0.15, 0.2) is 0 Å². The van der Waals surface area contributed by atoms with Gasteiger partial charge in [0.1, 0.15) is 0 Å². The van der Waals surface area contributed by atoms with Crippen molar-refractivity contribution >= 4 is 23.2 Å². The number of hydrogen-bond acceptors (Lipinski definition) is 2. The Morgan fingerprint density at radius 2 is 1.45 bits per heavy atom. The van der Waals surface area contributed by atoms with E-state index in [1.54, 1.807) is 0 Å². The van der Waals surface area contributed by atoms with Crippen LogP contribution in [0.4, 0.5) is 0 Å². The maximum absolute atomic E-state index is 6.29. The van der Waals surface area contributed by atoms with Gasteiger partial charge in [-0.25, -0.2) is 0 Å². The highest BCUT2D eigenvalue weighted by atomic mass is 35.5. The van der Waals surface area contributed by atoms with E-state index in [1.807, 2.05) is 12.1 Å². The van der Waals surface area contributed by atoms with Crippen LogP contribution < -0.4 is 5.32 Å². The third-order valence-electron chi connectivity index (χ3n) is 6.71. The second-order valence-electron chi connectivity index (χ2n) is 9.27. The lowest BCUT2D eigenvalue weighted by atomic mass is 9.90. The number of piperidine rings is 1. The zero-order valence-corrected chi connectivity index (χ0v) is 20.7. The summed E-state index contributed by atoms with van der Waals surface area (Å²) in [6.07, 6.45) is 5.75. The molecular weight excluding hydrogens is 447 g/mol. The summed E-state index contributed by atoms with van der Waals surface area (Å²) in [7, 11) is 0. The smallest absolute Gasteiger partial charge is 0.0595 e. The summed E-state index contributed by atoms with van der Waals surface area (Å²) < 4.78 is 0. The Bertz CT molecular complexity index is 969. The van der Waals surface area contributed by atoms with Crippen LogP contribution in [-0.2, 0) is 19.3 Å².